The number of ether oxygens (including phenoxy) is 2. The van der Waals surface area contributed by atoms with Crippen molar-refractivity contribution in [1.82, 2.24) is 4.90 Å². The summed E-state index contributed by atoms with van der Waals surface area (Å²) in [4.78, 5) is 14.6. The van der Waals surface area contributed by atoms with E-state index < -0.39 is 0 Å². The molecule has 3 rings (SSSR count). The van der Waals surface area contributed by atoms with Crippen molar-refractivity contribution in [3.05, 3.63) is 59.7 Å². The number of carbonyl (C=O) groups is 1. The van der Waals surface area contributed by atoms with Crippen LogP contribution in [0.15, 0.2) is 48.5 Å². The Morgan fingerprint density at radius 3 is 2.60 bits per heavy atom. The quantitative estimate of drug-likeness (QED) is 0.620. The van der Waals surface area contributed by atoms with Crippen LogP contribution in [-0.2, 0) is 11.3 Å². The average Bonchev–Trinajstić information content (AvgIpc) is 3.15. The monoisotopic (exact) mass is 340 g/mol. The molecule has 0 atom stereocenters. The van der Waals surface area contributed by atoms with Gasteiger partial charge in [0, 0.05) is 6.54 Å². The molecule has 0 aromatic heterocycles. The molecule has 0 radical (unpaired) electrons. The number of nitrogen functional groups attached to an aromatic ring is 1. The molecule has 25 heavy (non-hydrogen) atoms. The van der Waals surface area contributed by atoms with Gasteiger partial charge in [0.1, 0.15) is 19.0 Å². The molecule has 5 heteroatoms. The zero-order valence-corrected chi connectivity index (χ0v) is 14.3. The maximum atomic E-state index is 12.2. The summed E-state index contributed by atoms with van der Waals surface area (Å²) in [5.41, 5.74) is 7.88. The van der Waals surface area contributed by atoms with E-state index in [0.29, 0.717) is 23.6 Å². The normalized spacial score (nSPS) is 14.4. The number of benzene rings is 2. The first kappa shape index (κ1) is 17.3. The highest BCUT2D eigenvalue weighted by Crippen LogP contribution is 2.23. The van der Waals surface area contributed by atoms with Gasteiger partial charge in [-0.2, -0.15) is 0 Å². The topological polar surface area (TPSA) is 64.8 Å². The van der Waals surface area contributed by atoms with Crippen LogP contribution in [0.1, 0.15) is 28.8 Å². The Morgan fingerprint density at radius 2 is 1.84 bits per heavy atom. The molecule has 1 aliphatic heterocycles. The first-order valence-electron chi connectivity index (χ1n) is 8.68. The fourth-order valence-electron chi connectivity index (χ4n) is 2.88. The number of hydrogen-bond donors (Lipinski definition) is 1. The third-order valence-electron chi connectivity index (χ3n) is 4.33. The van der Waals surface area contributed by atoms with Gasteiger partial charge >= 0.3 is 5.97 Å². The average molecular weight is 340 g/mol. The second-order valence-corrected chi connectivity index (χ2v) is 6.21. The second kappa shape index (κ2) is 8.53. The van der Waals surface area contributed by atoms with Crippen molar-refractivity contribution in [2.24, 2.45) is 0 Å². The van der Waals surface area contributed by atoms with Crippen LogP contribution in [0, 0.1) is 0 Å². The van der Waals surface area contributed by atoms with E-state index in [0.717, 1.165) is 25.2 Å². The van der Waals surface area contributed by atoms with Gasteiger partial charge in [0.25, 0.3) is 0 Å². The van der Waals surface area contributed by atoms with Crippen LogP contribution in [0.25, 0.3) is 0 Å². The number of carbonyl (C=O) groups excluding carboxylic acids is 1. The molecule has 1 saturated heterocycles. The molecule has 0 unspecified atom stereocenters. The van der Waals surface area contributed by atoms with Crippen LogP contribution in [0.5, 0.6) is 5.75 Å². The van der Waals surface area contributed by atoms with Crippen molar-refractivity contribution in [3.63, 3.8) is 0 Å². The van der Waals surface area contributed by atoms with Crippen molar-refractivity contribution >= 4 is 11.7 Å². The van der Waals surface area contributed by atoms with Gasteiger partial charge in [0.05, 0.1) is 11.3 Å². The van der Waals surface area contributed by atoms with E-state index in [1.807, 2.05) is 30.3 Å². The van der Waals surface area contributed by atoms with Crippen LogP contribution >= 0.6 is 0 Å². The number of esters is 1. The van der Waals surface area contributed by atoms with Crippen molar-refractivity contribution in [1.29, 1.82) is 0 Å². The van der Waals surface area contributed by atoms with Gasteiger partial charge in [0.15, 0.2) is 0 Å². The van der Waals surface area contributed by atoms with Crippen molar-refractivity contribution in [3.8, 4) is 5.75 Å². The maximum absolute atomic E-state index is 12.2. The van der Waals surface area contributed by atoms with Gasteiger partial charge in [-0.15, -0.1) is 0 Å². The minimum absolute atomic E-state index is 0.245. The van der Waals surface area contributed by atoms with Crippen LogP contribution in [-0.4, -0.2) is 37.1 Å². The van der Waals surface area contributed by atoms with Crippen molar-refractivity contribution in [2.75, 3.05) is 32.0 Å². The zero-order valence-electron chi connectivity index (χ0n) is 14.3. The van der Waals surface area contributed by atoms with Gasteiger partial charge in [-0.05, 0) is 49.7 Å². The molecule has 5 nitrogen and oxygen atoms in total. The Balaban J connectivity index is 1.55. The third-order valence-corrected chi connectivity index (χ3v) is 4.33. The number of nitrogens with zero attached hydrogens (tertiary/aromatic N) is 1. The lowest BCUT2D eigenvalue weighted by Gasteiger charge is -2.16. The molecule has 0 saturated carbocycles. The van der Waals surface area contributed by atoms with Gasteiger partial charge in [0.2, 0.25) is 0 Å². The van der Waals surface area contributed by atoms with E-state index in [9.17, 15) is 4.79 Å². The van der Waals surface area contributed by atoms with Crippen LogP contribution in [0.2, 0.25) is 0 Å². The van der Waals surface area contributed by atoms with Gasteiger partial charge in [-0.1, -0.05) is 30.3 Å². The summed E-state index contributed by atoms with van der Waals surface area (Å²) in [5.74, 6) is 0.154. The summed E-state index contributed by atoms with van der Waals surface area (Å²) in [6.07, 6.45) is 2.51. The highest BCUT2D eigenvalue weighted by atomic mass is 16.5. The fraction of sp³-hybridized carbons (Fsp3) is 0.350. The van der Waals surface area contributed by atoms with Gasteiger partial charge in [-0.25, -0.2) is 4.79 Å². The molecular weight excluding hydrogens is 316 g/mol. The third kappa shape index (κ3) is 4.97. The van der Waals surface area contributed by atoms with Crippen molar-refractivity contribution in [2.45, 2.75) is 19.4 Å². The molecule has 0 bridgehead atoms. The first-order valence-corrected chi connectivity index (χ1v) is 8.68. The lowest BCUT2D eigenvalue weighted by molar-refractivity contribution is 0.0472. The minimum atomic E-state index is -0.381. The summed E-state index contributed by atoms with van der Waals surface area (Å²) in [7, 11) is 0. The molecule has 2 aromatic rings. The summed E-state index contributed by atoms with van der Waals surface area (Å²) in [5, 5.41) is 0. The summed E-state index contributed by atoms with van der Waals surface area (Å²) in [6.45, 7) is 3.94. The molecule has 2 aromatic carbocycles. The van der Waals surface area contributed by atoms with E-state index >= 15 is 0 Å². The number of rotatable bonds is 7. The fourth-order valence-corrected chi connectivity index (χ4v) is 2.88. The minimum Gasteiger partial charge on any atom is -0.490 e. The highest BCUT2D eigenvalue weighted by Gasteiger charge is 2.13. The van der Waals surface area contributed by atoms with Gasteiger partial charge < -0.3 is 15.2 Å². The Hall–Kier alpha value is -2.53. The van der Waals surface area contributed by atoms with E-state index in [-0.39, 0.29) is 12.6 Å². The molecule has 1 heterocycles. The van der Waals surface area contributed by atoms with Crippen LogP contribution < -0.4 is 10.5 Å². The maximum Gasteiger partial charge on any atom is 0.338 e. The summed E-state index contributed by atoms with van der Waals surface area (Å²) >= 11 is 0. The number of likely N-dealkylation sites (tertiary alicyclic amines) is 1. The SMILES string of the molecule is Nc1ccc(C(=O)OCc2ccccc2)cc1OCCN1CCCC1. The Kier molecular flexibility index (Phi) is 5.90. The smallest absolute Gasteiger partial charge is 0.338 e. The van der Waals surface area contributed by atoms with Crippen LogP contribution in [0.3, 0.4) is 0 Å². The summed E-state index contributed by atoms with van der Waals surface area (Å²) < 4.78 is 11.1. The van der Waals surface area contributed by atoms with Gasteiger partial charge in [-0.3, -0.25) is 4.90 Å². The molecule has 1 fully saturated rings. The Morgan fingerprint density at radius 1 is 1.08 bits per heavy atom. The molecule has 0 amide bonds. The van der Waals surface area contributed by atoms with Crippen LogP contribution in [0.4, 0.5) is 5.69 Å². The van der Waals surface area contributed by atoms with E-state index in [1.54, 1.807) is 18.2 Å². The first-order chi connectivity index (χ1) is 12.2. The molecule has 132 valence electrons. The zero-order chi connectivity index (χ0) is 17.5. The van der Waals surface area contributed by atoms with E-state index in [1.165, 1.54) is 12.8 Å². The number of anilines is 1. The predicted molar refractivity (Wildman–Crippen MR) is 97.6 cm³/mol. The molecular formula is C20H24N2O3. The predicted octanol–water partition coefficient (Wildman–Crippen LogP) is 3.10. The molecule has 1 aliphatic rings. The van der Waals surface area contributed by atoms with Crippen molar-refractivity contribution < 1.29 is 14.3 Å². The lowest BCUT2D eigenvalue weighted by Crippen LogP contribution is -2.25. The summed E-state index contributed by atoms with van der Waals surface area (Å²) in [6, 6.07) is 14.6. The number of hydrogen-bond acceptors (Lipinski definition) is 5. The van der Waals surface area contributed by atoms with E-state index in [4.69, 9.17) is 15.2 Å². The molecule has 0 aliphatic carbocycles. The standard InChI is InChI=1S/C20H24N2O3/c21-18-9-8-17(20(23)25-15-16-6-2-1-3-7-16)14-19(18)24-13-12-22-10-4-5-11-22/h1-3,6-9,14H,4-5,10-13,15,21H2. The largest absolute Gasteiger partial charge is 0.490 e. The lowest BCUT2D eigenvalue weighted by atomic mass is 10.2. The molecule has 2 N–H and O–H groups in total. The van der Waals surface area contributed by atoms with E-state index in [2.05, 4.69) is 4.90 Å². The second-order valence-electron chi connectivity index (χ2n) is 6.21. The Labute approximate surface area is 148 Å². The number of nitrogens with two attached hydrogens (primary N) is 1. The Bertz CT molecular complexity index is 697. The molecule has 0 spiro atoms. The highest BCUT2D eigenvalue weighted by molar-refractivity contribution is 5.90.